The van der Waals surface area contributed by atoms with E-state index < -0.39 is 5.41 Å². The average molecular weight is 298 g/mol. The van der Waals surface area contributed by atoms with Gasteiger partial charge in [-0.15, -0.1) is 0 Å². The van der Waals surface area contributed by atoms with E-state index in [0.29, 0.717) is 6.61 Å². The Morgan fingerprint density at radius 1 is 1.47 bits per heavy atom. The van der Waals surface area contributed by atoms with Crippen molar-refractivity contribution in [1.82, 2.24) is 0 Å². The third-order valence-electron chi connectivity index (χ3n) is 2.95. The zero-order chi connectivity index (χ0) is 12.6. The Morgan fingerprint density at radius 3 is 2.82 bits per heavy atom. The second kappa shape index (κ2) is 4.33. The van der Waals surface area contributed by atoms with Crippen molar-refractivity contribution in [1.29, 1.82) is 0 Å². The molecule has 0 saturated carbocycles. The highest BCUT2D eigenvalue weighted by Gasteiger charge is 2.33. The number of benzene rings is 1. The fourth-order valence-corrected chi connectivity index (χ4v) is 2.29. The number of fused-ring (bicyclic) bond motifs is 1. The SMILES string of the molecule is CCc1cc(Br)cc2c1OCC(C)(C)C(=O)N2. The van der Waals surface area contributed by atoms with Crippen molar-refractivity contribution in [2.45, 2.75) is 27.2 Å². The molecule has 1 aliphatic heterocycles. The summed E-state index contributed by atoms with van der Waals surface area (Å²) in [4.78, 5) is 12.0. The van der Waals surface area contributed by atoms with Gasteiger partial charge in [-0.2, -0.15) is 0 Å². The zero-order valence-corrected chi connectivity index (χ0v) is 11.8. The van der Waals surface area contributed by atoms with Crippen LogP contribution in [0.2, 0.25) is 0 Å². The summed E-state index contributed by atoms with van der Waals surface area (Å²) in [5.41, 5.74) is 1.36. The van der Waals surface area contributed by atoms with Crippen LogP contribution in [0.5, 0.6) is 5.75 Å². The first-order valence-electron chi connectivity index (χ1n) is 5.70. The first-order chi connectivity index (χ1) is 7.94. The number of carbonyl (C=O) groups excluding carboxylic acids is 1. The quantitative estimate of drug-likeness (QED) is 0.863. The molecule has 3 nitrogen and oxygen atoms in total. The van der Waals surface area contributed by atoms with E-state index in [9.17, 15) is 4.79 Å². The fraction of sp³-hybridized carbons (Fsp3) is 0.462. The van der Waals surface area contributed by atoms with Gasteiger partial charge in [0.1, 0.15) is 12.4 Å². The lowest BCUT2D eigenvalue weighted by atomic mass is 9.94. The Morgan fingerprint density at radius 2 is 2.18 bits per heavy atom. The highest BCUT2D eigenvalue weighted by atomic mass is 79.9. The lowest BCUT2D eigenvalue weighted by Gasteiger charge is -2.19. The van der Waals surface area contributed by atoms with Crippen LogP contribution in [0.25, 0.3) is 0 Å². The minimum atomic E-state index is -0.503. The first kappa shape index (κ1) is 12.4. The summed E-state index contributed by atoms with van der Waals surface area (Å²) in [6, 6.07) is 3.91. The number of aryl methyl sites for hydroxylation is 1. The van der Waals surface area contributed by atoms with Crippen LogP contribution in [0.15, 0.2) is 16.6 Å². The average Bonchev–Trinajstić information content (AvgIpc) is 2.36. The predicted octanol–water partition coefficient (Wildman–Crippen LogP) is 3.37. The standard InChI is InChI=1S/C13H16BrNO2/c1-4-8-5-9(14)6-10-11(8)17-7-13(2,3)12(16)15-10/h5-6H,4,7H2,1-3H3,(H,15,16). The number of rotatable bonds is 1. The third-order valence-corrected chi connectivity index (χ3v) is 3.41. The van der Waals surface area contributed by atoms with E-state index in [-0.39, 0.29) is 5.91 Å². The molecule has 1 N–H and O–H groups in total. The number of nitrogens with one attached hydrogen (secondary N) is 1. The molecule has 0 spiro atoms. The summed E-state index contributed by atoms with van der Waals surface area (Å²) in [5, 5.41) is 2.93. The fourth-order valence-electron chi connectivity index (χ4n) is 1.79. The Bertz CT molecular complexity index is 469. The van der Waals surface area contributed by atoms with Crippen LogP contribution < -0.4 is 10.1 Å². The normalized spacial score (nSPS) is 17.8. The Labute approximate surface area is 110 Å². The van der Waals surface area contributed by atoms with Crippen molar-refractivity contribution in [3.63, 3.8) is 0 Å². The minimum Gasteiger partial charge on any atom is -0.490 e. The Balaban J connectivity index is 2.50. The molecule has 0 unspecified atom stereocenters. The molecular weight excluding hydrogens is 282 g/mol. The summed E-state index contributed by atoms with van der Waals surface area (Å²) in [6.07, 6.45) is 0.873. The molecule has 1 aromatic carbocycles. The molecule has 0 fully saturated rings. The molecule has 92 valence electrons. The Hall–Kier alpha value is -1.03. The molecule has 2 rings (SSSR count). The number of ether oxygens (including phenoxy) is 1. The number of carbonyl (C=O) groups is 1. The largest absolute Gasteiger partial charge is 0.490 e. The van der Waals surface area contributed by atoms with Crippen molar-refractivity contribution in [3.05, 3.63) is 22.2 Å². The second-order valence-corrected chi connectivity index (χ2v) is 5.84. The van der Waals surface area contributed by atoms with Gasteiger partial charge in [0.2, 0.25) is 5.91 Å². The maximum Gasteiger partial charge on any atom is 0.233 e. The number of hydrogen-bond acceptors (Lipinski definition) is 2. The van der Waals surface area contributed by atoms with Gasteiger partial charge < -0.3 is 10.1 Å². The van der Waals surface area contributed by atoms with Crippen LogP contribution in [-0.4, -0.2) is 12.5 Å². The van der Waals surface area contributed by atoms with Crippen molar-refractivity contribution >= 4 is 27.5 Å². The van der Waals surface area contributed by atoms with E-state index in [0.717, 1.165) is 27.9 Å². The van der Waals surface area contributed by atoms with Gasteiger partial charge in [-0.25, -0.2) is 0 Å². The monoisotopic (exact) mass is 297 g/mol. The summed E-state index contributed by atoms with van der Waals surface area (Å²) >= 11 is 3.45. The maximum absolute atomic E-state index is 12.0. The van der Waals surface area contributed by atoms with Gasteiger partial charge in [-0.3, -0.25) is 4.79 Å². The zero-order valence-electron chi connectivity index (χ0n) is 10.3. The molecule has 0 aromatic heterocycles. The molecular formula is C13H16BrNO2. The van der Waals surface area contributed by atoms with E-state index in [1.54, 1.807) is 0 Å². The Kier molecular flexibility index (Phi) is 3.17. The topological polar surface area (TPSA) is 38.3 Å². The molecule has 1 amide bonds. The summed E-state index contributed by atoms with van der Waals surface area (Å²) in [5.74, 6) is 0.797. The number of hydrogen-bond donors (Lipinski definition) is 1. The maximum atomic E-state index is 12.0. The highest BCUT2D eigenvalue weighted by Crippen LogP contribution is 2.37. The van der Waals surface area contributed by atoms with Crippen LogP contribution in [0, 0.1) is 5.41 Å². The smallest absolute Gasteiger partial charge is 0.233 e. The van der Waals surface area contributed by atoms with Crippen molar-refractivity contribution < 1.29 is 9.53 Å². The molecule has 0 radical (unpaired) electrons. The van der Waals surface area contributed by atoms with Crippen molar-refractivity contribution in [3.8, 4) is 5.75 Å². The molecule has 0 atom stereocenters. The van der Waals surface area contributed by atoms with Gasteiger partial charge >= 0.3 is 0 Å². The number of amides is 1. The van der Waals surface area contributed by atoms with Crippen LogP contribution in [0.1, 0.15) is 26.3 Å². The number of halogens is 1. The van der Waals surface area contributed by atoms with E-state index in [4.69, 9.17) is 4.74 Å². The summed E-state index contributed by atoms with van der Waals surface area (Å²) in [7, 11) is 0. The highest BCUT2D eigenvalue weighted by molar-refractivity contribution is 9.10. The van der Waals surface area contributed by atoms with Crippen LogP contribution >= 0.6 is 15.9 Å². The third kappa shape index (κ3) is 2.32. The molecule has 1 aliphatic rings. The van der Waals surface area contributed by atoms with Crippen molar-refractivity contribution in [2.75, 3.05) is 11.9 Å². The molecule has 0 aliphatic carbocycles. The van der Waals surface area contributed by atoms with Gasteiger partial charge in [0, 0.05) is 4.47 Å². The van der Waals surface area contributed by atoms with Crippen LogP contribution in [-0.2, 0) is 11.2 Å². The summed E-state index contributed by atoms with van der Waals surface area (Å²) < 4.78 is 6.76. The second-order valence-electron chi connectivity index (χ2n) is 4.92. The minimum absolute atomic E-state index is 0.00333. The molecule has 4 heteroatoms. The number of anilines is 1. The van der Waals surface area contributed by atoms with Gasteiger partial charge in [0.15, 0.2) is 0 Å². The molecule has 17 heavy (non-hydrogen) atoms. The first-order valence-corrected chi connectivity index (χ1v) is 6.50. The molecule has 0 bridgehead atoms. The van der Waals surface area contributed by atoms with Crippen molar-refractivity contribution in [2.24, 2.45) is 5.41 Å². The predicted molar refractivity (Wildman–Crippen MR) is 71.4 cm³/mol. The molecule has 1 aromatic rings. The van der Waals surface area contributed by atoms with E-state index >= 15 is 0 Å². The molecule has 1 heterocycles. The molecule has 0 saturated heterocycles. The van der Waals surface area contributed by atoms with Crippen LogP contribution in [0.3, 0.4) is 0 Å². The van der Waals surface area contributed by atoms with E-state index in [1.165, 1.54) is 0 Å². The van der Waals surface area contributed by atoms with E-state index in [2.05, 4.69) is 28.2 Å². The van der Waals surface area contributed by atoms with E-state index in [1.807, 2.05) is 26.0 Å². The van der Waals surface area contributed by atoms with Gasteiger partial charge in [0.05, 0.1) is 11.1 Å². The summed E-state index contributed by atoms with van der Waals surface area (Å²) in [6.45, 7) is 6.24. The van der Waals surface area contributed by atoms with Gasteiger partial charge in [0.25, 0.3) is 0 Å². The lowest BCUT2D eigenvalue weighted by molar-refractivity contribution is -0.124. The lowest BCUT2D eigenvalue weighted by Crippen LogP contribution is -2.33. The van der Waals surface area contributed by atoms with Gasteiger partial charge in [-0.05, 0) is 38.0 Å². The van der Waals surface area contributed by atoms with Crippen LogP contribution in [0.4, 0.5) is 5.69 Å². The van der Waals surface area contributed by atoms with Gasteiger partial charge in [-0.1, -0.05) is 22.9 Å².